The van der Waals surface area contributed by atoms with E-state index in [-0.39, 0.29) is 5.91 Å². The van der Waals surface area contributed by atoms with E-state index in [9.17, 15) is 4.79 Å². The zero-order chi connectivity index (χ0) is 15.4. The number of halogens is 1. The largest absolute Gasteiger partial charge is 0.355 e. The van der Waals surface area contributed by atoms with Crippen molar-refractivity contribution in [3.05, 3.63) is 46.4 Å². The molecule has 0 unspecified atom stereocenters. The fourth-order valence-electron chi connectivity index (χ4n) is 2.51. The maximum Gasteiger partial charge on any atom is 0.258 e. The number of nitrogens with one attached hydrogen (secondary N) is 1. The third-order valence-electron chi connectivity index (χ3n) is 3.69. The van der Waals surface area contributed by atoms with Gasteiger partial charge in [-0.05, 0) is 59.5 Å². The summed E-state index contributed by atoms with van der Waals surface area (Å²) in [6, 6.07) is 11.0. The molecule has 0 radical (unpaired) electrons. The van der Waals surface area contributed by atoms with E-state index in [1.165, 1.54) is 19.3 Å². The molecule has 2 heterocycles. The zero-order valence-corrected chi connectivity index (χ0v) is 13.7. The average Bonchev–Trinajstić information content (AvgIpc) is 2.57. The van der Waals surface area contributed by atoms with Gasteiger partial charge in [-0.15, -0.1) is 10.2 Å². The number of aromatic nitrogens is 2. The third-order valence-corrected chi connectivity index (χ3v) is 4.38. The number of rotatable bonds is 3. The van der Waals surface area contributed by atoms with E-state index < -0.39 is 0 Å². The van der Waals surface area contributed by atoms with Gasteiger partial charge in [0.15, 0.2) is 11.6 Å². The van der Waals surface area contributed by atoms with E-state index in [0.29, 0.717) is 11.4 Å². The summed E-state index contributed by atoms with van der Waals surface area (Å²) < 4.78 is 0.755. The highest BCUT2D eigenvalue weighted by Gasteiger charge is 2.14. The monoisotopic (exact) mass is 360 g/mol. The highest BCUT2D eigenvalue weighted by molar-refractivity contribution is 9.10. The topological polar surface area (TPSA) is 58.1 Å². The van der Waals surface area contributed by atoms with Crippen LogP contribution in [-0.4, -0.2) is 29.2 Å². The van der Waals surface area contributed by atoms with Crippen LogP contribution in [0.1, 0.15) is 29.6 Å². The van der Waals surface area contributed by atoms with Crippen LogP contribution in [0.15, 0.2) is 40.9 Å². The number of carbonyl (C=O) groups excluding carboxylic acids is 1. The molecule has 1 aromatic carbocycles. The standard InChI is InChI=1S/C16H17BrN4O/c17-13-7-3-2-6-12(13)16(22)18-14-8-9-15(20-19-14)21-10-4-1-5-11-21/h2-3,6-9H,1,4-5,10-11H2,(H,18,19,22). The van der Waals surface area contributed by atoms with Gasteiger partial charge >= 0.3 is 0 Å². The molecule has 1 aliphatic heterocycles. The molecular weight excluding hydrogens is 344 g/mol. The lowest BCUT2D eigenvalue weighted by atomic mass is 10.1. The third kappa shape index (κ3) is 3.44. The summed E-state index contributed by atoms with van der Waals surface area (Å²) in [7, 11) is 0. The Hall–Kier alpha value is -1.95. The molecule has 1 N–H and O–H groups in total. The van der Waals surface area contributed by atoms with Crippen molar-refractivity contribution in [3.63, 3.8) is 0 Å². The van der Waals surface area contributed by atoms with E-state index in [2.05, 4.69) is 36.3 Å². The van der Waals surface area contributed by atoms with Gasteiger partial charge in [-0.1, -0.05) is 12.1 Å². The van der Waals surface area contributed by atoms with Crippen LogP contribution in [0.2, 0.25) is 0 Å². The molecule has 3 rings (SSSR count). The number of hydrogen-bond acceptors (Lipinski definition) is 4. The molecule has 114 valence electrons. The van der Waals surface area contributed by atoms with Gasteiger partial charge in [0.25, 0.3) is 5.91 Å². The minimum atomic E-state index is -0.201. The fraction of sp³-hybridized carbons (Fsp3) is 0.312. The van der Waals surface area contributed by atoms with Crippen LogP contribution in [0.3, 0.4) is 0 Å². The summed E-state index contributed by atoms with van der Waals surface area (Å²) in [4.78, 5) is 14.4. The number of benzene rings is 1. The Labute approximate surface area is 137 Å². The molecule has 1 saturated heterocycles. The summed E-state index contributed by atoms with van der Waals surface area (Å²) in [6.45, 7) is 2.05. The first kappa shape index (κ1) is 15.0. The molecule has 5 nitrogen and oxygen atoms in total. The van der Waals surface area contributed by atoms with Gasteiger partial charge in [0.05, 0.1) is 5.56 Å². The van der Waals surface area contributed by atoms with Gasteiger partial charge in [-0.2, -0.15) is 0 Å². The molecule has 22 heavy (non-hydrogen) atoms. The quantitative estimate of drug-likeness (QED) is 0.910. The molecule has 1 aliphatic rings. The van der Waals surface area contributed by atoms with Crippen LogP contribution in [0.5, 0.6) is 0 Å². The van der Waals surface area contributed by atoms with Crippen LogP contribution < -0.4 is 10.2 Å². The maximum atomic E-state index is 12.2. The second kappa shape index (κ2) is 6.87. The predicted octanol–water partition coefficient (Wildman–Crippen LogP) is 3.48. The van der Waals surface area contributed by atoms with Gasteiger partial charge in [0.1, 0.15) is 0 Å². The lowest BCUT2D eigenvalue weighted by Crippen LogP contribution is -2.30. The highest BCUT2D eigenvalue weighted by Crippen LogP contribution is 2.19. The molecule has 0 saturated carbocycles. The fourth-order valence-corrected chi connectivity index (χ4v) is 2.98. The van der Waals surface area contributed by atoms with Gasteiger partial charge in [-0.3, -0.25) is 4.79 Å². The number of nitrogens with zero attached hydrogens (tertiary/aromatic N) is 3. The van der Waals surface area contributed by atoms with Crippen molar-refractivity contribution < 1.29 is 4.79 Å². The van der Waals surface area contributed by atoms with E-state index in [4.69, 9.17) is 0 Å². The lowest BCUT2D eigenvalue weighted by molar-refractivity contribution is 0.102. The molecule has 0 aliphatic carbocycles. The minimum Gasteiger partial charge on any atom is -0.355 e. The van der Waals surface area contributed by atoms with Gasteiger partial charge in [0, 0.05) is 17.6 Å². The molecule has 6 heteroatoms. The second-order valence-electron chi connectivity index (χ2n) is 5.26. The van der Waals surface area contributed by atoms with Gasteiger partial charge < -0.3 is 10.2 Å². The number of amides is 1. The zero-order valence-electron chi connectivity index (χ0n) is 12.1. The second-order valence-corrected chi connectivity index (χ2v) is 6.11. The van der Waals surface area contributed by atoms with Crippen LogP contribution in [0.25, 0.3) is 0 Å². The number of anilines is 2. The van der Waals surface area contributed by atoms with E-state index in [1.807, 2.05) is 24.3 Å². The smallest absolute Gasteiger partial charge is 0.258 e. The Morgan fingerprint density at radius 2 is 1.82 bits per heavy atom. The minimum absolute atomic E-state index is 0.201. The normalized spacial score (nSPS) is 14.7. The van der Waals surface area contributed by atoms with Crippen LogP contribution >= 0.6 is 15.9 Å². The summed E-state index contributed by atoms with van der Waals surface area (Å²) in [5.74, 6) is 1.13. The Kier molecular flexibility index (Phi) is 4.68. The van der Waals surface area contributed by atoms with Crippen molar-refractivity contribution in [1.29, 1.82) is 0 Å². The Morgan fingerprint density at radius 3 is 2.50 bits per heavy atom. The number of hydrogen-bond donors (Lipinski definition) is 1. The molecule has 0 atom stereocenters. The SMILES string of the molecule is O=C(Nc1ccc(N2CCCCC2)nn1)c1ccccc1Br. The Morgan fingerprint density at radius 1 is 1.05 bits per heavy atom. The molecular formula is C16H17BrN4O. The van der Waals surface area contributed by atoms with E-state index in [0.717, 1.165) is 23.4 Å². The van der Waals surface area contributed by atoms with E-state index >= 15 is 0 Å². The molecule has 0 spiro atoms. The predicted molar refractivity (Wildman–Crippen MR) is 90.2 cm³/mol. The molecule has 1 fully saturated rings. The van der Waals surface area contributed by atoms with Crippen molar-refractivity contribution >= 4 is 33.5 Å². The first-order chi connectivity index (χ1) is 10.7. The Bertz CT molecular complexity index is 653. The summed E-state index contributed by atoms with van der Waals surface area (Å²) in [5.41, 5.74) is 0.574. The van der Waals surface area contributed by atoms with Crippen molar-refractivity contribution in [3.8, 4) is 0 Å². The van der Waals surface area contributed by atoms with Crippen LogP contribution in [-0.2, 0) is 0 Å². The van der Waals surface area contributed by atoms with Gasteiger partial charge in [-0.25, -0.2) is 0 Å². The van der Waals surface area contributed by atoms with Crippen LogP contribution in [0, 0.1) is 0 Å². The maximum absolute atomic E-state index is 12.2. The highest BCUT2D eigenvalue weighted by atomic mass is 79.9. The summed E-state index contributed by atoms with van der Waals surface area (Å²) in [6.07, 6.45) is 3.68. The van der Waals surface area contributed by atoms with Crippen molar-refractivity contribution in [1.82, 2.24) is 10.2 Å². The molecule has 1 amide bonds. The first-order valence-corrected chi connectivity index (χ1v) is 8.18. The number of carbonyl (C=O) groups is 1. The Balaban J connectivity index is 1.68. The van der Waals surface area contributed by atoms with E-state index in [1.54, 1.807) is 12.1 Å². The molecule has 0 bridgehead atoms. The lowest BCUT2D eigenvalue weighted by Gasteiger charge is -2.27. The average molecular weight is 361 g/mol. The van der Waals surface area contributed by atoms with Crippen molar-refractivity contribution in [2.45, 2.75) is 19.3 Å². The van der Waals surface area contributed by atoms with Crippen LogP contribution in [0.4, 0.5) is 11.6 Å². The number of piperidine rings is 1. The summed E-state index contributed by atoms with van der Waals surface area (Å²) in [5, 5.41) is 11.1. The van der Waals surface area contributed by atoms with Crippen molar-refractivity contribution in [2.24, 2.45) is 0 Å². The van der Waals surface area contributed by atoms with Gasteiger partial charge in [0.2, 0.25) is 0 Å². The van der Waals surface area contributed by atoms with Crippen molar-refractivity contribution in [2.75, 3.05) is 23.3 Å². The molecule has 2 aromatic rings. The summed E-state index contributed by atoms with van der Waals surface area (Å²) >= 11 is 3.37. The molecule has 1 aromatic heterocycles. The first-order valence-electron chi connectivity index (χ1n) is 7.38.